The standard InChI is InChI=1S/C14H13N5O2/c15-11(20)7-18-14(21)19-12(8-5-6-8)16-10-4-2-1-3-9(10)13(19)17-18/h1-4,8H,5-7H2,(H2,15,20). The van der Waals surface area contributed by atoms with Crippen LogP contribution in [0.25, 0.3) is 16.6 Å². The zero-order valence-electron chi connectivity index (χ0n) is 11.2. The Morgan fingerprint density at radius 3 is 2.81 bits per heavy atom. The minimum atomic E-state index is -0.592. The third kappa shape index (κ3) is 1.81. The number of hydrogen-bond acceptors (Lipinski definition) is 4. The van der Waals surface area contributed by atoms with Gasteiger partial charge in [0.1, 0.15) is 12.4 Å². The molecule has 2 heterocycles. The second-order valence-corrected chi connectivity index (χ2v) is 5.33. The molecule has 2 aromatic heterocycles. The third-order valence-electron chi connectivity index (χ3n) is 3.70. The molecule has 4 rings (SSSR count). The second-order valence-electron chi connectivity index (χ2n) is 5.33. The van der Waals surface area contributed by atoms with Crippen molar-refractivity contribution in [3.8, 4) is 0 Å². The molecule has 7 nitrogen and oxygen atoms in total. The first-order chi connectivity index (χ1) is 10.1. The highest BCUT2D eigenvalue weighted by Gasteiger charge is 2.30. The van der Waals surface area contributed by atoms with Crippen LogP contribution in [0.5, 0.6) is 0 Å². The highest BCUT2D eigenvalue weighted by atomic mass is 16.2. The van der Waals surface area contributed by atoms with Gasteiger partial charge in [0.15, 0.2) is 5.65 Å². The number of carbonyl (C=O) groups is 1. The van der Waals surface area contributed by atoms with Crippen molar-refractivity contribution in [3.63, 3.8) is 0 Å². The van der Waals surface area contributed by atoms with Crippen molar-refractivity contribution in [2.24, 2.45) is 5.73 Å². The van der Waals surface area contributed by atoms with Crippen LogP contribution in [0.4, 0.5) is 0 Å². The Labute approximate surface area is 119 Å². The monoisotopic (exact) mass is 283 g/mol. The first-order valence-electron chi connectivity index (χ1n) is 6.81. The van der Waals surface area contributed by atoms with Gasteiger partial charge in [-0.15, -0.1) is 5.10 Å². The number of aromatic nitrogens is 4. The Morgan fingerprint density at radius 1 is 1.33 bits per heavy atom. The minimum Gasteiger partial charge on any atom is -0.368 e. The molecular weight excluding hydrogens is 270 g/mol. The van der Waals surface area contributed by atoms with Crippen molar-refractivity contribution in [2.75, 3.05) is 0 Å². The van der Waals surface area contributed by atoms with Crippen molar-refractivity contribution < 1.29 is 4.79 Å². The fraction of sp³-hybridized carbons (Fsp3) is 0.286. The lowest BCUT2D eigenvalue weighted by Gasteiger charge is -2.04. The molecule has 0 aliphatic heterocycles. The molecule has 1 aromatic carbocycles. The van der Waals surface area contributed by atoms with Crippen molar-refractivity contribution in [2.45, 2.75) is 25.3 Å². The van der Waals surface area contributed by atoms with Gasteiger partial charge in [0.2, 0.25) is 5.91 Å². The molecule has 1 fully saturated rings. The molecule has 106 valence electrons. The van der Waals surface area contributed by atoms with Crippen LogP contribution in [0.2, 0.25) is 0 Å². The summed E-state index contributed by atoms with van der Waals surface area (Å²) in [6.45, 7) is -0.223. The summed E-state index contributed by atoms with van der Waals surface area (Å²) in [5.41, 5.74) is 6.16. The Kier molecular flexibility index (Phi) is 2.38. The van der Waals surface area contributed by atoms with Gasteiger partial charge in [0.25, 0.3) is 0 Å². The highest BCUT2D eigenvalue weighted by molar-refractivity contribution is 5.91. The highest BCUT2D eigenvalue weighted by Crippen LogP contribution is 2.39. The van der Waals surface area contributed by atoms with Gasteiger partial charge in [-0.2, -0.15) is 0 Å². The molecule has 0 unspecified atom stereocenters. The average molecular weight is 283 g/mol. The Hall–Kier alpha value is -2.70. The lowest BCUT2D eigenvalue weighted by atomic mass is 10.2. The lowest BCUT2D eigenvalue weighted by Crippen LogP contribution is -2.29. The summed E-state index contributed by atoms with van der Waals surface area (Å²) in [4.78, 5) is 28.2. The van der Waals surface area contributed by atoms with Crippen LogP contribution >= 0.6 is 0 Å². The fourth-order valence-electron chi connectivity index (χ4n) is 2.59. The Balaban J connectivity index is 2.12. The van der Waals surface area contributed by atoms with Gasteiger partial charge in [0.05, 0.1) is 5.52 Å². The zero-order valence-corrected chi connectivity index (χ0v) is 11.2. The van der Waals surface area contributed by atoms with Crippen LogP contribution in [0.1, 0.15) is 24.6 Å². The predicted molar refractivity (Wildman–Crippen MR) is 75.9 cm³/mol. The smallest absolute Gasteiger partial charge is 0.352 e. The Bertz CT molecular complexity index is 936. The third-order valence-corrected chi connectivity index (χ3v) is 3.70. The first kappa shape index (κ1) is 12.1. The van der Waals surface area contributed by atoms with E-state index >= 15 is 0 Å². The molecule has 0 spiro atoms. The van der Waals surface area contributed by atoms with Crippen LogP contribution in [-0.4, -0.2) is 25.1 Å². The Morgan fingerprint density at radius 2 is 2.10 bits per heavy atom. The number of para-hydroxylation sites is 1. The van der Waals surface area contributed by atoms with Gasteiger partial charge in [-0.3, -0.25) is 4.79 Å². The lowest BCUT2D eigenvalue weighted by molar-refractivity contribution is -0.118. The van der Waals surface area contributed by atoms with E-state index in [0.717, 1.165) is 34.3 Å². The SMILES string of the molecule is NC(=O)Cn1nc2c3ccccc3nc(C3CC3)n2c1=O. The van der Waals surface area contributed by atoms with Gasteiger partial charge in [-0.05, 0) is 25.0 Å². The summed E-state index contributed by atoms with van der Waals surface area (Å²) in [6.07, 6.45) is 2.04. The van der Waals surface area contributed by atoms with E-state index in [-0.39, 0.29) is 12.2 Å². The molecule has 2 N–H and O–H groups in total. The number of hydrogen-bond donors (Lipinski definition) is 1. The van der Waals surface area contributed by atoms with E-state index in [9.17, 15) is 9.59 Å². The molecule has 1 saturated carbocycles. The van der Waals surface area contributed by atoms with Gasteiger partial charge in [-0.25, -0.2) is 18.9 Å². The quantitative estimate of drug-likeness (QED) is 0.753. The maximum atomic E-state index is 12.5. The molecule has 1 aliphatic rings. The van der Waals surface area contributed by atoms with Gasteiger partial charge >= 0.3 is 5.69 Å². The number of carbonyl (C=O) groups excluding carboxylic acids is 1. The van der Waals surface area contributed by atoms with Crippen molar-refractivity contribution in [3.05, 3.63) is 40.6 Å². The summed E-state index contributed by atoms with van der Waals surface area (Å²) in [7, 11) is 0. The van der Waals surface area contributed by atoms with Crippen LogP contribution in [0, 0.1) is 0 Å². The number of rotatable bonds is 3. The molecule has 1 amide bonds. The molecule has 1 aliphatic carbocycles. The maximum Gasteiger partial charge on any atom is 0.352 e. The van der Waals surface area contributed by atoms with E-state index in [0.29, 0.717) is 11.6 Å². The summed E-state index contributed by atoms with van der Waals surface area (Å²) in [5, 5.41) is 5.07. The van der Waals surface area contributed by atoms with Crippen LogP contribution < -0.4 is 11.4 Å². The minimum absolute atomic E-state index is 0.223. The van der Waals surface area contributed by atoms with Gasteiger partial charge in [-0.1, -0.05) is 12.1 Å². The molecule has 7 heteroatoms. The van der Waals surface area contributed by atoms with Crippen molar-refractivity contribution in [1.29, 1.82) is 0 Å². The van der Waals surface area contributed by atoms with Crippen LogP contribution in [0.3, 0.4) is 0 Å². The van der Waals surface area contributed by atoms with Crippen molar-refractivity contribution >= 4 is 22.5 Å². The molecule has 21 heavy (non-hydrogen) atoms. The van der Waals surface area contributed by atoms with Crippen molar-refractivity contribution in [1.82, 2.24) is 19.2 Å². The number of amides is 1. The normalized spacial score (nSPS) is 14.9. The van der Waals surface area contributed by atoms with Crippen LogP contribution in [-0.2, 0) is 11.3 Å². The number of nitrogens with zero attached hydrogens (tertiary/aromatic N) is 4. The van der Waals surface area contributed by atoms with Crippen LogP contribution in [0.15, 0.2) is 29.1 Å². The van der Waals surface area contributed by atoms with Gasteiger partial charge < -0.3 is 5.73 Å². The second kappa shape index (κ2) is 4.15. The molecule has 3 aromatic rings. The van der Waals surface area contributed by atoms with E-state index in [1.807, 2.05) is 24.3 Å². The largest absolute Gasteiger partial charge is 0.368 e. The molecule has 0 saturated heterocycles. The molecular formula is C14H13N5O2. The number of fused-ring (bicyclic) bond motifs is 3. The molecule has 0 radical (unpaired) electrons. The molecule has 0 atom stereocenters. The average Bonchev–Trinajstić information content (AvgIpc) is 3.25. The van der Waals surface area contributed by atoms with E-state index < -0.39 is 5.91 Å². The molecule has 0 bridgehead atoms. The number of nitrogens with two attached hydrogens (primary N) is 1. The summed E-state index contributed by atoms with van der Waals surface area (Å²) in [6, 6.07) is 7.55. The summed E-state index contributed by atoms with van der Waals surface area (Å²) >= 11 is 0. The fourth-order valence-corrected chi connectivity index (χ4v) is 2.59. The summed E-state index contributed by atoms with van der Waals surface area (Å²) in [5.74, 6) is 0.427. The van der Waals surface area contributed by atoms with E-state index in [1.54, 1.807) is 0 Å². The zero-order chi connectivity index (χ0) is 14.6. The van der Waals surface area contributed by atoms with E-state index in [2.05, 4.69) is 10.1 Å². The van der Waals surface area contributed by atoms with E-state index in [1.165, 1.54) is 4.40 Å². The maximum absolute atomic E-state index is 12.5. The summed E-state index contributed by atoms with van der Waals surface area (Å²) < 4.78 is 2.63. The first-order valence-corrected chi connectivity index (χ1v) is 6.81. The topological polar surface area (TPSA) is 95.3 Å². The van der Waals surface area contributed by atoms with Gasteiger partial charge in [0, 0.05) is 11.3 Å². The number of benzene rings is 1. The number of primary amides is 1. The van der Waals surface area contributed by atoms with E-state index in [4.69, 9.17) is 5.73 Å². The predicted octanol–water partition coefficient (Wildman–Crippen LogP) is 0.407.